The van der Waals surface area contributed by atoms with E-state index >= 15 is 0 Å². The van der Waals surface area contributed by atoms with Crippen molar-refractivity contribution in [2.24, 2.45) is 5.41 Å². The van der Waals surface area contributed by atoms with Crippen LogP contribution in [0.4, 0.5) is 0 Å². The Morgan fingerprint density at radius 2 is 0.791 bits per heavy atom. The van der Waals surface area contributed by atoms with Gasteiger partial charge < -0.3 is 24.1 Å². The second kappa shape index (κ2) is 12.7. The van der Waals surface area contributed by atoms with E-state index in [9.17, 15) is 19.6 Å². The van der Waals surface area contributed by atoms with Crippen LogP contribution in [0.25, 0.3) is 0 Å². The van der Waals surface area contributed by atoms with Gasteiger partial charge in [-0.3, -0.25) is 4.52 Å². The molecule has 0 spiro atoms. The van der Waals surface area contributed by atoms with Gasteiger partial charge in [-0.15, -0.1) is 0 Å². The molecule has 0 bridgehead atoms. The third-order valence-electron chi connectivity index (χ3n) is 8.21. The third-order valence-corrected chi connectivity index (χ3v) is 9.01. The maximum Gasteiger partial charge on any atom is 0.328 e. The van der Waals surface area contributed by atoms with Gasteiger partial charge in [0.15, 0.2) is 0 Å². The number of aryl methyl sites for hydroxylation is 2. The second-order valence-electron chi connectivity index (χ2n) is 16.9. The molecule has 8 heteroatoms. The minimum atomic E-state index is -2.91. The van der Waals surface area contributed by atoms with Crippen molar-refractivity contribution in [2.45, 2.75) is 138 Å². The molecule has 43 heavy (non-hydrogen) atoms. The predicted octanol–water partition coefficient (Wildman–Crippen LogP) is 9.22. The van der Waals surface area contributed by atoms with E-state index < -0.39 is 28.2 Å². The molecule has 0 unspecified atom stereocenters. The molecule has 0 amide bonds. The van der Waals surface area contributed by atoms with Crippen molar-refractivity contribution >= 4 is 17.2 Å². The molecule has 2 aromatic rings. The molecule has 2 rings (SSSR count). The first-order valence-electron chi connectivity index (χ1n) is 15.1. The van der Waals surface area contributed by atoms with Gasteiger partial charge in [0.05, 0.1) is 6.61 Å². The van der Waals surface area contributed by atoms with Crippen molar-refractivity contribution in [1.29, 1.82) is 0 Å². The SMILES string of the molecule is Cc1cc(C(C)(C)C)c(C(OP(O)O)(c2c(C(C)(C)C)cc(C)cc2C(C)(C)C)C(C)(C)COP(O)O)c(C(C)(C)C)c1. The molecule has 0 saturated heterocycles. The first-order valence-corrected chi connectivity index (χ1v) is 17.4. The summed E-state index contributed by atoms with van der Waals surface area (Å²) in [5, 5.41) is 0. The van der Waals surface area contributed by atoms with E-state index in [2.05, 4.69) is 121 Å². The Hall–Kier alpha value is -0.940. The highest BCUT2D eigenvalue weighted by Gasteiger charge is 2.57. The van der Waals surface area contributed by atoms with E-state index in [4.69, 9.17) is 9.05 Å². The lowest BCUT2D eigenvalue weighted by Crippen LogP contribution is -2.52. The quantitative estimate of drug-likeness (QED) is 0.216. The van der Waals surface area contributed by atoms with Crippen LogP contribution in [-0.2, 0) is 36.3 Å². The Bertz CT molecular complexity index is 1130. The Morgan fingerprint density at radius 3 is 1.00 bits per heavy atom. The zero-order valence-electron chi connectivity index (χ0n) is 29.5. The average molecular weight is 637 g/mol. The average Bonchev–Trinajstić information content (AvgIpc) is 2.78. The molecular weight excluding hydrogens is 578 g/mol. The fourth-order valence-corrected chi connectivity index (χ4v) is 7.27. The zero-order chi connectivity index (χ0) is 33.7. The van der Waals surface area contributed by atoms with E-state index in [0.717, 1.165) is 44.5 Å². The molecule has 0 radical (unpaired) electrons. The van der Waals surface area contributed by atoms with Crippen molar-refractivity contribution in [3.63, 3.8) is 0 Å². The van der Waals surface area contributed by atoms with Gasteiger partial charge in [-0.05, 0) is 68.9 Å². The van der Waals surface area contributed by atoms with E-state index in [0.29, 0.717) is 0 Å². The molecule has 6 nitrogen and oxygen atoms in total. The molecule has 0 aromatic heterocycles. The van der Waals surface area contributed by atoms with Gasteiger partial charge in [-0.25, -0.2) is 0 Å². The Morgan fingerprint density at radius 1 is 0.512 bits per heavy atom. The molecule has 0 fully saturated rings. The largest absolute Gasteiger partial charge is 0.328 e. The lowest BCUT2D eigenvalue weighted by molar-refractivity contribution is -0.0506. The fourth-order valence-electron chi connectivity index (χ4n) is 6.16. The molecule has 0 aliphatic rings. The minimum absolute atomic E-state index is 0.114. The standard InChI is InChI=1S/C35H58O6P2/c1-22-17-24(30(3,4)5)28(25(18-22)31(6,7)8)35(41-43(38)39,34(15,16)21-40-42(36)37)29-26(32(9,10)11)19-23(2)20-27(29)33(12,13)14/h17-20,36-39H,21H2,1-16H3. The maximum atomic E-state index is 11.0. The van der Waals surface area contributed by atoms with Crippen LogP contribution >= 0.6 is 17.2 Å². The normalized spacial score (nSPS) is 14.3. The van der Waals surface area contributed by atoms with Gasteiger partial charge in [0, 0.05) is 5.41 Å². The van der Waals surface area contributed by atoms with Crippen LogP contribution in [0.5, 0.6) is 0 Å². The van der Waals surface area contributed by atoms with Crippen molar-refractivity contribution < 1.29 is 28.6 Å². The molecule has 4 N–H and O–H groups in total. The van der Waals surface area contributed by atoms with Gasteiger partial charge in [0.2, 0.25) is 0 Å². The molecule has 2 aromatic carbocycles. The molecule has 0 heterocycles. The molecule has 0 saturated carbocycles. The van der Waals surface area contributed by atoms with Crippen molar-refractivity contribution in [3.05, 3.63) is 68.8 Å². The van der Waals surface area contributed by atoms with Crippen LogP contribution < -0.4 is 0 Å². The second-order valence-corrected chi connectivity index (χ2v) is 18.4. The Labute approximate surface area is 264 Å². The van der Waals surface area contributed by atoms with Crippen molar-refractivity contribution in [1.82, 2.24) is 0 Å². The molecule has 0 atom stereocenters. The fraction of sp³-hybridized carbons (Fsp3) is 0.657. The van der Waals surface area contributed by atoms with Crippen LogP contribution in [0.1, 0.15) is 141 Å². The van der Waals surface area contributed by atoms with Crippen LogP contribution in [0.15, 0.2) is 24.3 Å². The van der Waals surface area contributed by atoms with Gasteiger partial charge in [0.25, 0.3) is 0 Å². The number of hydrogen-bond acceptors (Lipinski definition) is 6. The highest BCUT2D eigenvalue weighted by Crippen LogP contribution is 2.61. The van der Waals surface area contributed by atoms with Gasteiger partial charge in [-0.1, -0.05) is 132 Å². The topological polar surface area (TPSA) is 99.4 Å². The minimum Gasteiger partial charge on any atom is -0.328 e. The van der Waals surface area contributed by atoms with Crippen molar-refractivity contribution in [3.8, 4) is 0 Å². The van der Waals surface area contributed by atoms with Crippen molar-refractivity contribution in [2.75, 3.05) is 6.61 Å². The molecule has 0 aliphatic heterocycles. The number of hydrogen-bond donors (Lipinski definition) is 4. The molecule has 244 valence electrons. The monoisotopic (exact) mass is 636 g/mol. The Balaban J connectivity index is 3.63. The summed E-state index contributed by atoms with van der Waals surface area (Å²) in [5.41, 5.74) is 4.03. The highest BCUT2D eigenvalue weighted by atomic mass is 31.2. The third kappa shape index (κ3) is 8.27. The summed E-state index contributed by atoms with van der Waals surface area (Å²) >= 11 is 0. The van der Waals surface area contributed by atoms with Crippen LogP contribution in [0.3, 0.4) is 0 Å². The summed E-state index contributed by atoms with van der Waals surface area (Å²) in [6.45, 7) is 34.0. The lowest BCUT2D eigenvalue weighted by Gasteiger charge is -2.53. The summed E-state index contributed by atoms with van der Waals surface area (Å²) in [5.74, 6) is 0. The van der Waals surface area contributed by atoms with Crippen LogP contribution in [0, 0.1) is 19.3 Å². The molecule has 0 aliphatic carbocycles. The number of benzene rings is 2. The first-order chi connectivity index (χ1) is 19.1. The summed E-state index contributed by atoms with van der Waals surface area (Å²) in [4.78, 5) is 41.9. The first kappa shape index (κ1) is 38.2. The smallest absolute Gasteiger partial charge is 0.328 e. The summed E-state index contributed by atoms with van der Waals surface area (Å²) < 4.78 is 12.4. The lowest BCUT2D eigenvalue weighted by atomic mass is 9.57. The number of rotatable bonds is 8. The summed E-state index contributed by atoms with van der Waals surface area (Å²) in [6, 6.07) is 8.74. The van der Waals surface area contributed by atoms with E-state index in [1.165, 1.54) is 0 Å². The summed E-state index contributed by atoms with van der Waals surface area (Å²) in [7, 11) is -5.59. The van der Waals surface area contributed by atoms with Crippen LogP contribution in [0.2, 0.25) is 0 Å². The van der Waals surface area contributed by atoms with E-state index in [1.807, 2.05) is 13.8 Å². The summed E-state index contributed by atoms with van der Waals surface area (Å²) in [6.07, 6.45) is 0. The van der Waals surface area contributed by atoms with E-state index in [1.54, 1.807) is 0 Å². The zero-order valence-corrected chi connectivity index (χ0v) is 31.3. The van der Waals surface area contributed by atoms with Crippen LogP contribution in [-0.4, -0.2) is 26.2 Å². The molecular formula is C35H58O6P2. The maximum absolute atomic E-state index is 11.0. The highest BCUT2D eigenvalue weighted by molar-refractivity contribution is 7.39. The van der Waals surface area contributed by atoms with E-state index in [-0.39, 0.29) is 28.3 Å². The van der Waals surface area contributed by atoms with Gasteiger partial charge in [0.1, 0.15) is 5.60 Å². The predicted molar refractivity (Wildman–Crippen MR) is 181 cm³/mol. The van der Waals surface area contributed by atoms with Gasteiger partial charge in [-0.2, -0.15) is 0 Å². The Kier molecular flexibility index (Phi) is 11.3. The van der Waals surface area contributed by atoms with Gasteiger partial charge >= 0.3 is 17.2 Å².